The fourth-order valence-corrected chi connectivity index (χ4v) is 3.81. The largest absolute Gasteiger partial charge is 0.493 e. The number of aromatic amines is 1. The van der Waals surface area contributed by atoms with Crippen molar-refractivity contribution < 1.29 is 14.0 Å². The number of ether oxygens (including phenoxy) is 2. The lowest BCUT2D eigenvalue weighted by Gasteiger charge is -2.09. The van der Waals surface area contributed by atoms with Crippen LogP contribution in [-0.2, 0) is 12.8 Å². The van der Waals surface area contributed by atoms with Gasteiger partial charge in [0.1, 0.15) is 5.52 Å². The second kappa shape index (κ2) is 7.63. The highest BCUT2D eigenvalue weighted by Crippen LogP contribution is 2.36. The van der Waals surface area contributed by atoms with Crippen LogP contribution in [0.5, 0.6) is 11.5 Å². The van der Waals surface area contributed by atoms with Crippen LogP contribution < -0.4 is 15.0 Å². The molecule has 4 rings (SSSR count). The van der Waals surface area contributed by atoms with Gasteiger partial charge in [-0.3, -0.25) is 9.36 Å². The lowest BCUT2D eigenvalue weighted by molar-refractivity contribution is 0.355. The summed E-state index contributed by atoms with van der Waals surface area (Å²) in [5.41, 5.74) is 2.57. The van der Waals surface area contributed by atoms with Gasteiger partial charge >= 0.3 is 0 Å². The van der Waals surface area contributed by atoms with Crippen molar-refractivity contribution in [2.24, 2.45) is 7.05 Å². The zero-order chi connectivity index (χ0) is 20.5. The second-order valence-electron chi connectivity index (χ2n) is 6.31. The van der Waals surface area contributed by atoms with Crippen LogP contribution in [0.3, 0.4) is 0 Å². The highest BCUT2D eigenvalue weighted by molar-refractivity contribution is 7.98. The number of H-pyrrole nitrogens is 1. The SMILES string of the molecule is COc1cccc(-c2noc(CSc3nc4cc(C)[nH]c4c(=O)n3C)n2)c1OC. The van der Waals surface area contributed by atoms with E-state index in [1.54, 1.807) is 27.3 Å². The molecule has 0 unspecified atom stereocenters. The first kappa shape index (κ1) is 19.1. The summed E-state index contributed by atoms with van der Waals surface area (Å²) in [5, 5.41) is 4.62. The number of aryl methyl sites for hydroxylation is 1. The average molecular weight is 413 g/mol. The molecule has 1 N–H and O–H groups in total. The third-order valence-corrected chi connectivity index (χ3v) is 5.40. The summed E-state index contributed by atoms with van der Waals surface area (Å²) in [6.45, 7) is 1.89. The van der Waals surface area contributed by atoms with Crippen molar-refractivity contribution in [3.05, 3.63) is 46.2 Å². The van der Waals surface area contributed by atoms with E-state index >= 15 is 0 Å². The van der Waals surface area contributed by atoms with Crippen molar-refractivity contribution in [2.75, 3.05) is 14.2 Å². The standard InChI is InChI=1S/C19H19N5O4S/c1-10-8-12-15(20-10)18(25)24(2)19(21-12)29-9-14-22-17(23-28-14)11-6-5-7-13(26-3)16(11)27-4/h5-8,20H,9H2,1-4H3. The normalized spacial score (nSPS) is 11.2. The molecule has 150 valence electrons. The molecule has 0 aliphatic carbocycles. The lowest BCUT2D eigenvalue weighted by atomic mass is 10.2. The van der Waals surface area contributed by atoms with Crippen molar-refractivity contribution >= 4 is 22.8 Å². The molecule has 3 heterocycles. The molecular weight excluding hydrogens is 394 g/mol. The van der Waals surface area contributed by atoms with Gasteiger partial charge in [0.05, 0.1) is 31.1 Å². The van der Waals surface area contributed by atoms with Crippen LogP contribution in [0.4, 0.5) is 0 Å². The molecule has 0 radical (unpaired) electrons. The monoisotopic (exact) mass is 413 g/mol. The number of nitrogens with one attached hydrogen (secondary N) is 1. The van der Waals surface area contributed by atoms with Crippen LogP contribution >= 0.6 is 11.8 Å². The third kappa shape index (κ3) is 3.46. The Balaban J connectivity index is 1.59. The molecule has 0 amide bonds. The van der Waals surface area contributed by atoms with Gasteiger partial charge < -0.3 is 19.0 Å². The summed E-state index contributed by atoms with van der Waals surface area (Å²) < 4.78 is 17.6. The van der Waals surface area contributed by atoms with Crippen LogP contribution in [0.2, 0.25) is 0 Å². The summed E-state index contributed by atoms with van der Waals surface area (Å²) in [5.74, 6) is 2.30. The van der Waals surface area contributed by atoms with Gasteiger partial charge in [-0.05, 0) is 25.1 Å². The second-order valence-corrected chi connectivity index (χ2v) is 7.26. The maximum absolute atomic E-state index is 12.5. The maximum atomic E-state index is 12.5. The van der Waals surface area contributed by atoms with E-state index in [1.807, 2.05) is 25.1 Å². The minimum atomic E-state index is -0.127. The van der Waals surface area contributed by atoms with Gasteiger partial charge in [0.25, 0.3) is 5.56 Å². The Morgan fingerprint density at radius 3 is 2.83 bits per heavy atom. The Morgan fingerprint density at radius 1 is 1.24 bits per heavy atom. The predicted octanol–water partition coefficient (Wildman–Crippen LogP) is 2.93. The van der Waals surface area contributed by atoms with Crippen molar-refractivity contribution in [3.63, 3.8) is 0 Å². The molecular formula is C19H19N5O4S. The van der Waals surface area contributed by atoms with Gasteiger partial charge in [-0.25, -0.2) is 4.98 Å². The Labute approximate surface area is 170 Å². The Morgan fingerprint density at radius 2 is 2.07 bits per heavy atom. The van der Waals surface area contributed by atoms with Crippen molar-refractivity contribution in [3.8, 4) is 22.9 Å². The number of benzene rings is 1. The van der Waals surface area contributed by atoms with Crippen LogP contribution in [-0.4, -0.2) is 38.9 Å². The smallest absolute Gasteiger partial charge is 0.278 e. The predicted molar refractivity (Wildman–Crippen MR) is 108 cm³/mol. The Hall–Kier alpha value is -3.27. The van der Waals surface area contributed by atoms with Crippen LogP contribution in [0.15, 0.2) is 38.7 Å². The number of rotatable bonds is 6. The first-order chi connectivity index (χ1) is 14.0. The minimum absolute atomic E-state index is 0.127. The van der Waals surface area contributed by atoms with Crippen molar-refractivity contribution in [1.29, 1.82) is 0 Å². The molecule has 0 spiro atoms. The number of nitrogens with zero attached hydrogens (tertiary/aromatic N) is 4. The lowest BCUT2D eigenvalue weighted by Crippen LogP contribution is -2.19. The molecule has 0 saturated heterocycles. The molecule has 0 saturated carbocycles. The van der Waals surface area contributed by atoms with Crippen LogP contribution in [0.1, 0.15) is 11.6 Å². The summed E-state index contributed by atoms with van der Waals surface area (Å²) in [7, 11) is 4.82. The summed E-state index contributed by atoms with van der Waals surface area (Å²) >= 11 is 1.35. The van der Waals surface area contributed by atoms with Gasteiger partial charge in [0.2, 0.25) is 11.7 Å². The quantitative estimate of drug-likeness (QED) is 0.380. The van der Waals surface area contributed by atoms with E-state index in [2.05, 4.69) is 20.1 Å². The van der Waals surface area contributed by atoms with Crippen molar-refractivity contribution in [1.82, 2.24) is 24.7 Å². The van der Waals surface area contributed by atoms with E-state index in [1.165, 1.54) is 16.3 Å². The van der Waals surface area contributed by atoms with Gasteiger partial charge in [-0.1, -0.05) is 23.0 Å². The fourth-order valence-electron chi connectivity index (χ4n) is 3.00. The van der Waals surface area contributed by atoms with Gasteiger partial charge in [0.15, 0.2) is 16.7 Å². The zero-order valence-corrected chi connectivity index (χ0v) is 17.2. The van der Waals surface area contributed by atoms with E-state index in [0.717, 1.165) is 5.69 Å². The molecule has 0 aliphatic heterocycles. The summed E-state index contributed by atoms with van der Waals surface area (Å²) in [6.07, 6.45) is 0. The molecule has 10 heteroatoms. The molecule has 1 aromatic carbocycles. The number of hydrogen-bond acceptors (Lipinski definition) is 8. The van der Waals surface area contributed by atoms with E-state index in [-0.39, 0.29) is 5.56 Å². The zero-order valence-electron chi connectivity index (χ0n) is 16.3. The Kier molecular flexibility index (Phi) is 5.01. The highest BCUT2D eigenvalue weighted by Gasteiger charge is 2.18. The average Bonchev–Trinajstić information content (AvgIpc) is 3.35. The molecule has 0 aliphatic rings. The Bertz CT molecular complexity index is 1240. The number of fused-ring (bicyclic) bond motifs is 1. The molecule has 4 aromatic rings. The minimum Gasteiger partial charge on any atom is -0.493 e. The van der Waals surface area contributed by atoms with Gasteiger partial charge in [-0.15, -0.1) is 0 Å². The topological polar surface area (TPSA) is 108 Å². The number of hydrogen-bond donors (Lipinski definition) is 1. The van der Waals surface area contributed by atoms with E-state index < -0.39 is 0 Å². The molecule has 0 fully saturated rings. The van der Waals surface area contributed by atoms with Gasteiger partial charge in [0, 0.05) is 12.7 Å². The number of methoxy groups -OCH3 is 2. The number of thioether (sulfide) groups is 1. The van der Waals surface area contributed by atoms with E-state index in [0.29, 0.717) is 50.7 Å². The maximum Gasteiger partial charge on any atom is 0.278 e. The molecule has 9 nitrogen and oxygen atoms in total. The van der Waals surface area contributed by atoms with Gasteiger partial charge in [-0.2, -0.15) is 4.98 Å². The number of aromatic nitrogens is 5. The van der Waals surface area contributed by atoms with Crippen molar-refractivity contribution in [2.45, 2.75) is 17.8 Å². The fraction of sp³-hybridized carbons (Fsp3) is 0.263. The highest BCUT2D eigenvalue weighted by atomic mass is 32.2. The van der Waals surface area contributed by atoms with E-state index in [4.69, 9.17) is 14.0 Å². The molecule has 3 aromatic heterocycles. The van der Waals surface area contributed by atoms with Crippen LogP contribution in [0, 0.1) is 6.92 Å². The first-order valence-corrected chi connectivity index (χ1v) is 9.73. The molecule has 0 bridgehead atoms. The molecule has 29 heavy (non-hydrogen) atoms. The summed E-state index contributed by atoms with van der Waals surface area (Å²) in [4.78, 5) is 24.5. The van der Waals surface area contributed by atoms with E-state index in [9.17, 15) is 4.79 Å². The third-order valence-electron chi connectivity index (χ3n) is 4.39. The number of para-hydroxylation sites is 1. The summed E-state index contributed by atoms with van der Waals surface area (Å²) in [6, 6.07) is 7.30. The first-order valence-electron chi connectivity index (χ1n) is 8.75. The molecule has 0 atom stereocenters. The van der Waals surface area contributed by atoms with Crippen LogP contribution in [0.25, 0.3) is 22.4 Å².